The summed E-state index contributed by atoms with van der Waals surface area (Å²) >= 11 is 0. The minimum Gasteiger partial charge on any atom is -0.492 e. The number of nitrogens with zero attached hydrogens (tertiary/aromatic N) is 1. The third kappa shape index (κ3) is 5.99. The molecule has 2 rings (SSSR count). The number of carbonyl (C=O) groups is 1. The fraction of sp³-hybridized carbons (Fsp3) is 0.350. The Morgan fingerprint density at radius 3 is 2.07 bits per heavy atom. The summed E-state index contributed by atoms with van der Waals surface area (Å²) in [5.74, 6) is 0.342. The van der Waals surface area contributed by atoms with Gasteiger partial charge in [-0.05, 0) is 45.0 Å². The van der Waals surface area contributed by atoms with E-state index in [1.54, 1.807) is 19.1 Å². The van der Waals surface area contributed by atoms with Gasteiger partial charge in [-0.1, -0.05) is 35.4 Å². The Morgan fingerprint density at radius 1 is 1.04 bits per heavy atom. The molecule has 0 unspecified atom stereocenters. The van der Waals surface area contributed by atoms with E-state index in [9.17, 15) is 13.2 Å². The van der Waals surface area contributed by atoms with E-state index in [0.29, 0.717) is 12.3 Å². The van der Waals surface area contributed by atoms with Gasteiger partial charge in [0.15, 0.2) is 0 Å². The van der Waals surface area contributed by atoms with Gasteiger partial charge in [-0.15, -0.1) is 0 Å². The van der Waals surface area contributed by atoms with Crippen LogP contribution >= 0.6 is 0 Å². The Kier molecular flexibility index (Phi) is 6.85. The van der Waals surface area contributed by atoms with Gasteiger partial charge in [0.25, 0.3) is 0 Å². The van der Waals surface area contributed by atoms with E-state index >= 15 is 0 Å². The number of hydrogen-bond donors (Lipinski definition) is 1. The first-order chi connectivity index (χ1) is 12.7. The van der Waals surface area contributed by atoms with Crippen molar-refractivity contribution >= 4 is 21.6 Å². The molecule has 2 aromatic carbocycles. The van der Waals surface area contributed by atoms with E-state index in [2.05, 4.69) is 5.32 Å². The molecule has 7 heteroatoms. The summed E-state index contributed by atoms with van der Waals surface area (Å²) in [5, 5.41) is 2.73. The second-order valence-electron chi connectivity index (χ2n) is 6.52. The van der Waals surface area contributed by atoms with Crippen molar-refractivity contribution in [2.24, 2.45) is 0 Å². The molecule has 0 saturated heterocycles. The van der Waals surface area contributed by atoms with E-state index in [0.717, 1.165) is 27.4 Å². The van der Waals surface area contributed by atoms with Crippen molar-refractivity contribution in [2.45, 2.75) is 26.8 Å². The van der Waals surface area contributed by atoms with Crippen LogP contribution in [0.3, 0.4) is 0 Å². The predicted molar refractivity (Wildman–Crippen MR) is 108 cm³/mol. The quantitative estimate of drug-likeness (QED) is 0.703. The van der Waals surface area contributed by atoms with Crippen molar-refractivity contribution < 1.29 is 17.9 Å². The van der Waals surface area contributed by atoms with Crippen LogP contribution in [0.1, 0.15) is 18.1 Å². The maximum Gasteiger partial charge on any atom is 0.243 e. The van der Waals surface area contributed by atoms with Crippen LogP contribution in [0.25, 0.3) is 0 Å². The number of hydrogen-bond acceptors (Lipinski definition) is 4. The third-order valence-corrected chi connectivity index (χ3v) is 5.31. The average molecular weight is 391 g/mol. The molecule has 146 valence electrons. The van der Waals surface area contributed by atoms with Crippen LogP contribution in [-0.4, -0.2) is 39.8 Å². The van der Waals surface area contributed by atoms with Crippen molar-refractivity contribution in [1.29, 1.82) is 0 Å². The SMILES string of the molecule is Cc1ccc(OCCNC(=O)[C@@H](C)N(c2ccc(C)cc2)S(C)(=O)=O)cc1. The van der Waals surface area contributed by atoms with Crippen molar-refractivity contribution in [3.05, 3.63) is 59.7 Å². The first-order valence-corrected chi connectivity index (χ1v) is 10.6. The molecule has 0 aliphatic carbocycles. The summed E-state index contributed by atoms with van der Waals surface area (Å²) in [7, 11) is -3.61. The van der Waals surface area contributed by atoms with Gasteiger partial charge in [0, 0.05) is 0 Å². The Labute approximate surface area is 161 Å². The van der Waals surface area contributed by atoms with E-state index in [1.165, 1.54) is 0 Å². The molecule has 0 aliphatic heterocycles. The summed E-state index contributed by atoms with van der Waals surface area (Å²) in [6, 6.07) is 13.8. The number of rotatable bonds is 8. The zero-order valence-electron chi connectivity index (χ0n) is 16.1. The van der Waals surface area contributed by atoms with Crippen LogP contribution in [0.5, 0.6) is 5.75 Å². The third-order valence-electron chi connectivity index (χ3n) is 4.07. The lowest BCUT2D eigenvalue weighted by molar-refractivity contribution is -0.121. The highest BCUT2D eigenvalue weighted by atomic mass is 32.2. The molecule has 1 amide bonds. The normalized spacial score (nSPS) is 12.3. The minimum absolute atomic E-state index is 0.280. The van der Waals surface area contributed by atoms with Crippen molar-refractivity contribution in [2.75, 3.05) is 23.7 Å². The van der Waals surface area contributed by atoms with Gasteiger partial charge < -0.3 is 10.1 Å². The smallest absolute Gasteiger partial charge is 0.243 e. The number of amides is 1. The zero-order chi connectivity index (χ0) is 20.0. The van der Waals surface area contributed by atoms with Crippen LogP contribution in [-0.2, 0) is 14.8 Å². The second-order valence-corrected chi connectivity index (χ2v) is 8.38. The topological polar surface area (TPSA) is 75.7 Å². The molecule has 1 N–H and O–H groups in total. The van der Waals surface area contributed by atoms with Gasteiger partial charge >= 0.3 is 0 Å². The highest BCUT2D eigenvalue weighted by Crippen LogP contribution is 2.21. The molecule has 0 aromatic heterocycles. The number of carbonyl (C=O) groups excluding carboxylic acids is 1. The predicted octanol–water partition coefficient (Wildman–Crippen LogP) is 2.65. The number of sulfonamides is 1. The summed E-state index contributed by atoms with van der Waals surface area (Å²) in [4.78, 5) is 12.5. The number of benzene rings is 2. The van der Waals surface area contributed by atoms with Crippen molar-refractivity contribution in [3.63, 3.8) is 0 Å². The minimum atomic E-state index is -3.61. The lowest BCUT2D eigenvalue weighted by Crippen LogP contribution is -2.48. The molecule has 0 spiro atoms. The maximum atomic E-state index is 12.5. The van der Waals surface area contributed by atoms with Gasteiger partial charge in [0.2, 0.25) is 15.9 Å². The Hall–Kier alpha value is -2.54. The van der Waals surface area contributed by atoms with Crippen LogP contribution in [0.4, 0.5) is 5.69 Å². The van der Waals surface area contributed by atoms with Crippen LogP contribution in [0.2, 0.25) is 0 Å². The zero-order valence-corrected chi connectivity index (χ0v) is 16.9. The van der Waals surface area contributed by atoms with E-state index in [4.69, 9.17) is 4.74 Å². The lowest BCUT2D eigenvalue weighted by atomic mass is 10.2. The molecular formula is C20H26N2O4S. The Morgan fingerprint density at radius 2 is 1.56 bits per heavy atom. The highest BCUT2D eigenvalue weighted by Gasteiger charge is 2.28. The molecule has 27 heavy (non-hydrogen) atoms. The summed E-state index contributed by atoms with van der Waals surface area (Å²) in [6.45, 7) is 6.05. The van der Waals surface area contributed by atoms with Gasteiger partial charge in [-0.2, -0.15) is 0 Å². The van der Waals surface area contributed by atoms with E-state index in [-0.39, 0.29) is 12.5 Å². The lowest BCUT2D eigenvalue weighted by Gasteiger charge is -2.28. The Bertz CT molecular complexity index is 862. The Balaban J connectivity index is 1.96. The van der Waals surface area contributed by atoms with Crippen molar-refractivity contribution in [1.82, 2.24) is 5.32 Å². The molecule has 6 nitrogen and oxygen atoms in total. The number of aryl methyl sites for hydroxylation is 2. The molecule has 0 aliphatic rings. The maximum absolute atomic E-state index is 12.5. The fourth-order valence-electron chi connectivity index (χ4n) is 2.63. The summed E-state index contributed by atoms with van der Waals surface area (Å²) in [5.41, 5.74) is 2.61. The van der Waals surface area contributed by atoms with E-state index < -0.39 is 16.1 Å². The first-order valence-electron chi connectivity index (χ1n) is 8.72. The van der Waals surface area contributed by atoms with E-state index in [1.807, 2.05) is 50.2 Å². The molecule has 0 saturated carbocycles. The van der Waals surface area contributed by atoms with Gasteiger partial charge in [-0.25, -0.2) is 8.42 Å². The first kappa shape index (κ1) is 20.8. The number of anilines is 1. The number of nitrogens with one attached hydrogen (secondary N) is 1. The molecule has 0 heterocycles. The molecule has 0 radical (unpaired) electrons. The average Bonchev–Trinajstić information content (AvgIpc) is 2.60. The molecule has 0 fully saturated rings. The second kappa shape index (κ2) is 8.90. The highest BCUT2D eigenvalue weighted by molar-refractivity contribution is 7.92. The number of ether oxygens (including phenoxy) is 1. The van der Waals surface area contributed by atoms with Gasteiger partial charge in [-0.3, -0.25) is 9.10 Å². The van der Waals surface area contributed by atoms with Crippen LogP contribution < -0.4 is 14.4 Å². The fourth-order valence-corrected chi connectivity index (χ4v) is 3.80. The molecule has 2 aromatic rings. The summed E-state index contributed by atoms with van der Waals surface area (Å²) < 4.78 is 31.2. The molecule has 1 atom stereocenters. The van der Waals surface area contributed by atoms with Crippen LogP contribution in [0, 0.1) is 13.8 Å². The van der Waals surface area contributed by atoms with Gasteiger partial charge in [0.05, 0.1) is 18.5 Å². The van der Waals surface area contributed by atoms with Crippen molar-refractivity contribution in [3.8, 4) is 5.75 Å². The monoisotopic (exact) mass is 390 g/mol. The standard InChI is InChI=1S/C20H26N2O4S/c1-15-5-9-18(10-6-15)22(27(4,24)25)17(3)20(23)21-13-14-26-19-11-7-16(2)8-12-19/h5-12,17H,13-14H2,1-4H3,(H,21,23)/t17-/m1/s1. The van der Waals surface area contributed by atoms with Gasteiger partial charge in [0.1, 0.15) is 18.4 Å². The summed E-state index contributed by atoms with van der Waals surface area (Å²) in [6.07, 6.45) is 1.09. The largest absolute Gasteiger partial charge is 0.492 e. The molecular weight excluding hydrogens is 364 g/mol. The molecule has 0 bridgehead atoms. The van der Waals surface area contributed by atoms with Crippen LogP contribution in [0.15, 0.2) is 48.5 Å².